The Hall–Kier alpha value is 0.1000. The Morgan fingerprint density at radius 1 is 1.58 bits per heavy atom. The van der Waals surface area contributed by atoms with E-state index in [1.165, 1.54) is 8.66 Å². The van der Waals surface area contributed by atoms with Gasteiger partial charge in [-0.25, -0.2) is 0 Å². The number of halogens is 1. The lowest BCUT2D eigenvalue weighted by Gasteiger charge is -2.22. The van der Waals surface area contributed by atoms with Gasteiger partial charge >= 0.3 is 0 Å². The fraction of sp³-hybridized carbons (Fsp3) is 0.500. The highest BCUT2D eigenvalue weighted by molar-refractivity contribution is 9.11. The van der Waals surface area contributed by atoms with Crippen LogP contribution < -0.4 is 5.32 Å². The quantitative estimate of drug-likeness (QED) is 0.822. The van der Waals surface area contributed by atoms with Crippen LogP contribution in [0.15, 0.2) is 15.9 Å². The number of ether oxygens (including phenoxy) is 1. The molecule has 0 amide bonds. The van der Waals surface area contributed by atoms with Gasteiger partial charge in [-0.15, -0.1) is 11.3 Å². The smallest absolute Gasteiger partial charge is 0.0702 e. The Labute approximate surface area is 84.1 Å². The molecule has 1 aromatic heterocycles. The molecule has 0 radical (unpaired) electrons. The van der Waals surface area contributed by atoms with Crippen molar-refractivity contribution in [2.45, 2.75) is 6.04 Å². The molecule has 0 bridgehead atoms. The van der Waals surface area contributed by atoms with Crippen molar-refractivity contribution in [3.63, 3.8) is 0 Å². The molecule has 1 fully saturated rings. The average Bonchev–Trinajstić information content (AvgIpc) is 2.54. The van der Waals surface area contributed by atoms with Crippen LogP contribution in [0.1, 0.15) is 10.9 Å². The second-order valence-corrected chi connectivity index (χ2v) is 5.22. The van der Waals surface area contributed by atoms with Gasteiger partial charge in [-0.2, -0.15) is 0 Å². The van der Waals surface area contributed by atoms with E-state index in [4.69, 9.17) is 4.74 Å². The molecule has 0 aliphatic carbocycles. The summed E-state index contributed by atoms with van der Waals surface area (Å²) >= 11 is 5.22. The van der Waals surface area contributed by atoms with Crippen molar-refractivity contribution in [2.75, 3.05) is 19.8 Å². The molecule has 4 heteroatoms. The lowest BCUT2D eigenvalue weighted by molar-refractivity contribution is 0.0779. The van der Waals surface area contributed by atoms with Gasteiger partial charge in [-0.3, -0.25) is 0 Å². The van der Waals surface area contributed by atoms with E-state index >= 15 is 0 Å². The zero-order chi connectivity index (χ0) is 8.39. The minimum absolute atomic E-state index is 0.398. The molecule has 2 rings (SSSR count). The van der Waals surface area contributed by atoms with Gasteiger partial charge in [0.2, 0.25) is 0 Å². The number of hydrogen-bond acceptors (Lipinski definition) is 3. The summed E-state index contributed by atoms with van der Waals surface area (Å²) in [4.78, 5) is 1.35. The minimum Gasteiger partial charge on any atom is -0.378 e. The maximum absolute atomic E-state index is 5.37. The van der Waals surface area contributed by atoms with Gasteiger partial charge in [0.25, 0.3) is 0 Å². The fourth-order valence-corrected chi connectivity index (χ4v) is 2.75. The third-order valence-electron chi connectivity index (χ3n) is 1.86. The predicted octanol–water partition coefficient (Wildman–Crippen LogP) is 2.17. The number of thiophene rings is 1. The van der Waals surface area contributed by atoms with Gasteiger partial charge in [0.15, 0.2) is 0 Å². The highest BCUT2D eigenvalue weighted by atomic mass is 79.9. The summed E-state index contributed by atoms with van der Waals surface area (Å²) in [6.45, 7) is 2.59. The molecule has 1 saturated heterocycles. The van der Waals surface area contributed by atoms with Crippen LogP contribution in [0, 0.1) is 0 Å². The lowest BCUT2D eigenvalue weighted by Crippen LogP contribution is -2.33. The third kappa shape index (κ3) is 1.88. The predicted molar refractivity (Wildman–Crippen MR) is 53.6 cm³/mol. The highest BCUT2D eigenvalue weighted by Crippen LogP contribution is 2.28. The van der Waals surface area contributed by atoms with Gasteiger partial charge in [0.1, 0.15) is 0 Å². The van der Waals surface area contributed by atoms with E-state index < -0.39 is 0 Å². The van der Waals surface area contributed by atoms with Crippen molar-refractivity contribution < 1.29 is 4.74 Å². The maximum Gasteiger partial charge on any atom is 0.0702 e. The lowest BCUT2D eigenvalue weighted by atomic mass is 10.2. The standard InChI is InChI=1S/C8H10BrNOS/c9-8-2-1-7(12-8)6-5-11-4-3-10-6/h1-2,6,10H,3-5H2/t6-/m1/s1. The summed E-state index contributed by atoms with van der Waals surface area (Å²) in [6.07, 6.45) is 0. The summed E-state index contributed by atoms with van der Waals surface area (Å²) in [5.41, 5.74) is 0. The van der Waals surface area contributed by atoms with Crippen LogP contribution in [-0.2, 0) is 4.74 Å². The van der Waals surface area contributed by atoms with Crippen LogP contribution in [0.5, 0.6) is 0 Å². The second-order valence-electron chi connectivity index (χ2n) is 2.72. The van der Waals surface area contributed by atoms with Crippen LogP contribution in [-0.4, -0.2) is 19.8 Å². The van der Waals surface area contributed by atoms with Crippen molar-refractivity contribution in [2.24, 2.45) is 0 Å². The normalized spacial score (nSPS) is 24.2. The Balaban J connectivity index is 2.08. The second kappa shape index (κ2) is 3.87. The summed E-state index contributed by atoms with van der Waals surface area (Å²) in [6, 6.07) is 4.62. The molecule has 2 nitrogen and oxygen atoms in total. The zero-order valence-electron chi connectivity index (χ0n) is 6.55. The van der Waals surface area contributed by atoms with Gasteiger partial charge in [0.05, 0.1) is 23.0 Å². The Morgan fingerprint density at radius 3 is 3.08 bits per heavy atom. The SMILES string of the molecule is Brc1ccc([C@H]2COCCN2)s1. The molecule has 1 atom stereocenters. The Kier molecular flexibility index (Phi) is 2.80. The van der Waals surface area contributed by atoms with Gasteiger partial charge in [-0.05, 0) is 28.1 Å². The molecule has 0 aromatic carbocycles. The summed E-state index contributed by atoms with van der Waals surface area (Å²) in [5.74, 6) is 0. The zero-order valence-corrected chi connectivity index (χ0v) is 8.95. The number of hydrogen-bond donors (Lipinski definition) is 1. The van der Waals surface area contributed by atoms with E-state index in [1.54, 1.807) is 11.3 Å². The number of morpholine rings is 1. The van der Waals surface area contributed by atoms with Crippen LogP contribution >= 0.6 is 27.3 Å². The summed E-state index contributed by atoms with van der Waals surface area (Å²) in [5, 5.41) is 3.41. The third-order valence-corrected chi connectivity index (χ3v) is 3.60. The van der Waals surface area contributed by atoms with Crippen molar-refractivity contribution in [3.8, 4) is 0 Å². The number of nitrogens with one attached hydrogen (secondary N) is 1. The number of rotatable bonds is 1. The Morgan fingerprint density at radius 2 is 2.50 bits per heavy atom. The van der Waals surface area contributed by atoms with E-state index in [1.807, 2.05) is 0 Å². The van der Waals surface area contributed by atoms with Crippen molar-refractivity contribution >= 4 is 27.3 Å². The van der Waals surface area contributed by atoms with Crippen LogP contribution in [0.2, 0.25) is 0 Å². The van der Waals surface area contributed by atoms with Crippen LogP contribution in [0.4, 0.5) is 0 Å². The Bertz CT molecular complexity index is 257. The van der Waals surface area contributed by atoms with Gasteiger partial charge in [0, 0.05) is 11.4 Å². The average molecular weight is 248 g/mol. The molecule has 12 heavy (non-hydrogen) atoms. The van der Waals surface area contributed by atoms with Crippen LogP contribution in [0.3, 0.4) is 0 Å². The first-order chi connectivity index (χ1) is 5.86. The molecule has 1 aliphatic heterocycles. The summed E-state index contributed by atoms with van der Waals surface area (Å²) in [7, 11) is 0. The van der Waals surface area contributed by atoms with Gasteiger partial charge < -0.3 is 10.1 Å². The largest absolute Gasteiger partial charge is 0.378 e. The first kappa shape index (κ1) is 8.69. The fourth-order valence-electron chi connectivity index (χ4n) is 1.26. The molecule has 0 saturated carbocycles. The van der Waals surface area contributed by atoms with E-state index in [2.05, 4.69) is 33.4 Å². The van der Waals surface area contributed by atoms with E-state index in [9.17, 15) is 0 Å². The highest BCUT2D eigenvalue weighted by Gasteiger charge is 2.16. The van der Waals surface area contributed by atoms with Crippen molar-refractivity contribution in [1.82, 2.24) is 5.32 Å². The minimum atomic E-state index is 0.398. The topological polar surface area (TPSA) is 21.3 Å². The molecule has 1 aromatic rings. The molecule has 1 aliphatic rings. The van der Waals surface area contributed by atoms with E-state index in [0.29, 0.717) is 6.04 Å². The molecular weight excluding hydrogens is 238 g/mol. The van der Waals surface area contributed by atoms with Crippen molar-refractivity contribution in [1.29, 1.82) is 0 Å². The monoisotopic (exact) mass is 247 g/mol. The van der Waals surface area contributed by atoms with Crippen molar-refractivity contribution in [3.05, 3.63) is 20.8 Å². The van der Waals surface area contributed by atoms with E-state index in [0.717, 1.165) is 19.8 Å². The maximum atomic E-state index is 5.37. The molecule has 0 spiro atoms. The first-order valence-electron chi connectivity index (χ1n) is 3.92. The first-order valence-corrected chi connectivity index (χ1v) is 5.53. The summed E-state index contributed by atoms with van der Waals surface area (Å²) < 4.78 is 6.56. The molecule has 66 valence electrons. The van der Waals surface area contributed by atoms with Gasteiger partial charge in [-0.1, -0.05) is 0 Å². The molecule has 1 N–H and O–H groups in total. The van der Waals surface area contributed by atoms with Crippen LogP contribution in [0.25, 0.3) is 0 Å². The molecule has 2 heterocycles. The molecule has 0 unspecified atom stereocenters. The molecular formula is C8H10BrNOS. The van der Waals surface area contributed by atoms with E-state index in [-0.39, 0.29) is 0 Å².